The fourth-order valence-electron chi connectivity index (χ4n) is 2.95. The molecule has 1 aliphatic rings. The van der Waals surface area contributed by atoms with Crippen molar-refractivity contribution in [3.8, 4) is 0 Å². The first-order valence-electron chi connectivity index (χ1n) is 6.90. The summed E-state index contributed by atoms with van der Waals surface area (Å²) < 4.78 is 5.26. The molecule has 1 rings (SSSR count). The fourth-order valence-corrected chi connectivity index (χ4v) is 2.95. The maximum atomic E-state index is 5.26. The van der Waals surface area contributed by atoms with E-state index < -0.39 is 0 Å². The highest BCUT2D eigenvalue weighted by Gasteiger charge is 2.35. The van der Waals surface area contributed by atoms with E-state index in [1.807, 2.05) is 7.11 Å². The van der Waals surface area contributed by atoms with Gasteiger partial charge >= 0.3 is 0 Å². The summed E-state index contributed by atoms with van der Waals surface area (Å²) in [5.41, 5.74) is 0.376. The monoisotopic (exact) mass is 227 g/mol. The van der Waals surface area contributed by atoms with E-state index in [1.54, 1.807) is 0 Å². The quantitative estimate of drug-likeness (QED) is 0.720. The van der Waals surface area contributed by atoms with Crippen molar-refractivity contribution in [3.63, 3.8) is 0 Å². The van der Waals surface area contributed by atoms with Crippen molar-refractivity contribution in [2.24, 2.45) is 5.92 Å². The van der Waals surface area contributed by atoms with E-state index in [0.29, 0.717) is 11.6 Å². The first kappa shape index (κ1) is 14.0. The number of methoxy groups -OCH3 is 1. The average Bonchev–Trinajstić information content (AvgIpc) is 2.72. The Labute approximate surface area is 101 Å². The molecule has 1 atom stereocenters. The SMILES string of the molecule is CCC(NC1(CCOC)CCCC1)C(C)C. The molecule has 1 N–H and O–H groups in total. The number of nitrogens with one attached hydrogen (secondary N) is 1. The number of hydrogen-bond acceptors (Lipinski definition) is 2. The highest BCUT2D eigenvalue weighted by Crippen LogP contribution is 2.34. The molecular weight excluding hydrogens is 198 g/mol. The van der Waals surface area contributed by atoms with Crippen LogP contribution in [0.25, 0.3) is 0 Å². The van der Waals surface area contributed by atoms with Gasteiger partial charge in [0.2, 0.25) is 0 Å². The van der Waals surface area contributed by atoms with E-state index in [2.05, 4.69) is 26.1 Å². The Morgan fingerprint density at radius 3 is 2.31 bits per heavy atom. The van der Waals surface area contributed by atoms with E-state index in [1.165, 1.54) is 38.5 Å². The lowest BCUT2D eigenvalue weighted by Gasteiger charge is -2.36. The third kappa shape index (κ3) is 3.74. The Balaban J connectivity index is 2.55. The van der Waals surface area contributed by atoms with Gasteiger partial charge in [-0.1, -0.05) is 33.6 Å². The van der Waals surface area contributed by atoms with Gasteiger partial charge in [-0.25, -0.2) is 0 Å². The molecule has 1 unspecified atom stereocenters. The van der Waals surface area contributed by atoms with E-state index in [-0.39, 0.29) is 0 Å². The highest BCUT2D eigenvalue weighted by molar-refractivity contribution is 4.95. The van der Waals surface area contributed by atoms with Gasteiger partial charge < -0.3 is 10.1 Å². The van der Waals surface area contributed by atoms with Crippen molar-refractivity contribution in [2.45, 2.75) is 70.9 Å². The Bertz CT molecular complexity index is 185. The molecule has 96 valence electrons. The molecule has 0 amide bonds. The summed E-state index contributed by atoms with van der Waals surface area (Å²) in [5, 5.41) is 3.93. The standard InChI is InChI=1S/C14H29NO/c1-5-13(12(2)3)15-14(10-11-16-4)8-6-7-9-14/h12-13,15H,5-11H2,1-4H3. The lowest BCUT2D eigenvalue weighted by atomic mass is 9.89. The summed E-state index contributed by atoms with van der Waals surface area (Å²) in [6, 6.07) is 0.662. The summed E-state index contributed by atoms with van der Waals surface area (Å²) in [4.78, 5) is 0. The molecule has 1 fully saturated rings. The van der Waals surface area contributed by atoms with E-state index >= 15 is 0 Å². The van der Waals surface area contributed by atoms with Gasteiger partial charge in [0.05, 0.1) is 0 Å². The summed E-state index contributed by atoms with van der Waals surface area (Å²) in [5.74, 6) is 0.727. The molecule has 0 aromatic heterocycles. The van der Waals surface area contributed by atoms with Crippen molar-refractivity contribution >= 4 is 0 Å². The number of hydrogen-bond donors (Lipinski definition) is 1. The van der Waals surface area contributed by atoms with Crippen LogP contribution in [0.1, 0.15) is 59.3 Å². The minimum absolute atomic E-state index is 0.376. The molecule has 0 aliphatic heterocycles. The van der Waals surface area contributed by atoms with Crippen LogP contribution in [0.15, 0.2) is 0 Å². The van der Waals surface area contributed by atoms with Crippen molar-refractivity contribution in [3.05, 3.63) is 0 Å². The van der Waals surface area contributed by atoms with Crippen LogP contribution in [0.4, 0.5) is 0 Å². The molecule has 0 spiro atoms. The molecular formula is C14H29NO. The van der Waals surface area contributed by atoms with Gasteiger partial charge in [-0.15, -0.1) is 0 Å². The Kier molecular flexibility index (Phi) is 5.77. The van der Waals surface area contributed by atoms with Crippen LogP contribution < -0.4 is 5.32 Å². The second kappa shape index (κ2) is 6.61. The maximum Gasteiger partial charge on any atom is 0.0479 e. The van der Waals surface area contributed by atoms with Gasteiger partial charge in [0.1, 0.15) is 0 Å². The topological polar surface area (TPSA) is 21.3 Å². The lowest BCUT2D eigenvalue weighted by Crippen LogP contribution is -2.50. The summed E-state index contributed by atoms with van der Waals surface area (Å²) >= 11 is 0. The predicted molar refractivity (Wildman–Crippen MR) is 69.7 cm³/mol. The van der Waals surface area contributed by atoms with Gasteiger partial charge in [0, 0.05) is 25.3 Å². The van der Waals surface area contributed by atoms with Crippen LogP contribution in [0.2, 0.25) is 0 Å². The second-order valence-electron chi connectivity index (χ2n) is 5.63. The maximum absolute atomic E-state index is 5.26. The van der Waals surface area contributed by atoms with E-state index in [9.17, 15) is 0 Å². The predicted octanol–water partition coefficient (Wildman–Crippen LogP) is 3.36. The molecule has 0 bridgehead atoms. The molecule has 16 heavy (non-hydrogen) atoms. The van der Waals surface area contributed by atoms with Crippen LogP contribution in [-0.4, -0.2) is 25.3 Å². The summed E-state index contributed by atoms with van der Waals surface area (Å²) in [7, 11) is 1.81. The Hall–Kier alpha value is -0.0800. The van der Waals surface area contributed by atoms with Crippen molar-refractivity contribution < 1.29 is 4.74 Å². The fraction of sp³-hybridized carbons (Fsp3) is 1.00. The van der Waals surface area contributed by atoms with Gasteiger partial charge in [-0.2, -0.15) is 0 Å². The van der Waals surface area contributed by atoms with Gasteiger partial charge in [-0.3, -0.25) is 0 Å². The molecule has 0 aromatic rings. The first-order chi connectivity index (χ1) is 7.63. The van der Waals surface area contributed by atoms with Crippen LogP contribution in [0, 0.1) is 5.92 Å². The van der Waals surface area contributed by atoms with Crippen LogP contribution in [-0.2, 0) is 4.74 Å². The molecule has 0 heterocycles. The first-order valence-corrected chi connectivity index (χ1v) is 6.90. The normalized spacial score (nSPS) is 21.6. The largest absolute Gasteiger partial charge is 0.385 e. The zero-order chi connectivity index (χ0) is 12.0. The van der Waals surface area contributed by atoms with Gasteiger partial charge in [-0.05, 0) is 31.6 Å². The number of ether oxygens (including phenoxy) is 1. The van der Waals surface area contributed by atoms with Crippen LogP contribution in [0.5, 0.6) is 0 Å². The van der Waals surface area contributed by atoms with Gasteiger partial charge in [0.15, 0.2) is 0 Å². The zero-order valence-corrected chi connectivity index (χ0v) is 11.5. The van der Waals surface area contributed by atoms with Crippen molar-refractivity contribution in [1.29, 1.82) is 0 Å². The average molecular weight is 227 g/mol. The van der Waals surface area contributed by atoms with Crippen molar-refractivity contribution in [1.82, 2.24) is 5.32 Å². The molecule has 1 saturated carbocycles. The zero-order valence-electron chi connectivity index (χ0n) is 11.5. The second-order valence-corrected chi connectivity index (χ2v) is 5.63. The minimum atomic E-state index is 0.376. The minimum Gasteiger partial charge on any atom is -0.385 e. The number of rotatable bonds is 7. The molecule has 0 aromatic carbocycles. The highest BCUT2D eigenvalue weighted by atomic mass is 16.5. The third-order valence-corrected chi connectivity index (χ3v) is 4.08. The van der Waals surface area contributed by atoms with E-state index in [0.717, 1.165) is 12.5 Å². The van der Waals surface area contributed by atoms with Crippen molar-refractivity contribution in [2.75, 3.05) is 13.7 Å². The molecule has 0 radical (unpaired) electrons. The Morgan fingerprint density at radius 2 is 1.88 bits per heavy atom. The Morgan fingerprint density at radius 1 is 1.25 bits per heavy atom. The van der Waals surface area contributed by atoms with Crippen LogP contribution in [0.3, 0.4) is 0 Å². The smallest absolute Gasteiger partial charge is 0.0479 e. The van der Waals surface area contributed by atoms with E-state index in [4.69, 9.17) is 4.74 Å². The molecule has 2 nitrogen and oxygen atoms in total. The third-order valence-electron chi connectivity index (χ3n) is 4.08. The molecule has 0 saturated heterocycles. The van der Waals surface area contributed by atoms with Gasteiger partial charge in [0.25, 0.3) is 0 Å². The molecule has 2 heteroatoms. The molecule has 1 aliphatic carbocycles. The summed E-state index contributed by atoms with van der Waals surface area (Å²) in [6.07, 6.45) is 7.83. The van der Waals surface area contributed by atoms with Crippen LogP contribution >= 0.6 is 0 Å². The lowest BCUT2D eigenvalue weighted by molar-refractivity contribution is 0.141. The summed E-state index contributed by atoms with van der Waals surface area (Å²) in [6.45, 7) is 7.82.